The van der Waals surface area contributed by atoms with Crippen LogP contribution in [0.25, 0.3) is 0 Å². The maximum absolute atomic E-state index is 3.63. The highest BCUT2D eigenvalue weighted by atomic mass is 14.9. The topological polar surface area (TPSA) is 12.0 Å². The number of nitrogens with one attached hydrogen (secondary N) is 1. The molecule has 0 heterocycles. The van der Waals surface area contributed by atoms with Crippen LogP contribution in [-0.2, 0) is 0 Å². The van der Waals surface area contributed by atoms with E-state index < -0.39 is 0 Å². The van der Waals surface area contributed by atoms with Gasteiger partial charge in [-0.25, -0.2) is 0 Å². The van der Waals surface area contributed by atoms with Gasteiger partial charge in [-0.2, -0.15) is 0 Å². The highest BCUT2D eigenvalue weighted by Crippen LogP contribution is 2.50. The summed E-state index contributed by atoms with van der Waals surface area (Å²) in [6, 6.07) is 11.9. The lowest BCUT2D eigenvalue weighted by atomic mass is 9.90. The average molecular weight is 271 g/mol. The van der Waals surface area contributed by atoms with E-state index in [0.29, 0.717) is 0 Å². The molecular formula is C19H29N. The third-order valence-corrected chi connectivity index (χ3v) is 5.52. The molecule has 0 saturated heterocycles. The fourth-order valence-electron chi connectivity index (χ4n) is 4.21. The van der Waals surface area contributed by atoms with E-state index in [9.17, 15) is 0 Å². The van der Waals surface area contributed by atoms with Crippen LogP contribution in [0.2, 0.25) is 0 Å². The summed E-state index contributed by atoms with van der Waals surface area (Å²) >= 11 is 0. The summed E-state index contributed by atoms with van der Waals surface area (Å²) in [6.07, 6.45) is 11.6. The standard InChI is InChI=1S/C19H29N/c1-20-19(13-15-9-5-2-3-6-10-15)18-14-17(18)16-11-7-4-8-12-16/h4,7-8,11-12,15,17-20H,2-3,5-6,9-10,13-14H2,1H3. The minimum absolute atomic E-state index is 0.739. The highest BCUT2D eigenvalue weighted by molar-refractivity contribution is 5.26. The van der Waals surface area contributed by atoms with Crippen LogP contribution in [-0.4, -0.2) is 13.1 Å². The molecule has 2 saturated carbocycles. The molecule has 0 aromatic heterocycles. The van der Waals surface area contributed by atoms with Gasteiger partial charge in [0.1, 0.15) is 0 Å². The number of benzene rings is 1. The van der Waals surface area contributed by atoms with Gasteiger partial charge < -0.3 is 5.32 Å². The molecule has 3 rings (SSSR count). The first kappa shape index (κ1) is 14.1. The van der Waals surface area contributed by atoms with Gasteiger partial charge in [-0.05, 0) is 43.2 Å². The Morgan fingerprint density at radius 2 is 1.75 bits per heavy atom. The third-order valence-electron chi connectivity index (χ3n) is 5.52. The first-order valence-electron chi connectivity index (χ1n) is 8.60. The van der Waals surface area contributed by atoms with Crippen LogP contribution >= 0.6 is 0 Å². The number of hydrogen-bond acceptors (Lipinski definition) is 1. The average Bonchev–Trinajstić information content (AvgIpc) is 3.30. The van der Waals surface area contributed by atoms with Crippen molar-refractivity contribution in [1.29, 1.82) is 0 Å². The van der Waals surface area contributed by atoms with Gasteiger partial charge in [-0.15, -0.1) is 0 Å². The van der Waals surface area contributed by atoms with E-state index in [-0.39, 0.29) is 0 Å². The molecule has 0 spiro atoms. The smallest absolute Gasteiger partial charge is 0.0101 e. The zero-order valence-electron chi connectivity index (χ0n) is 12.9. The van der Waals surface area contributed by atoms with Crippen molar-refractivity contribution in [1.82, 2.24) is 5.32 Å². The van der Waals surface area contributed by atoms with Gasteiger partial charge >= 0.3 is 0 Å². The Labute approximate surface area is 124 Å². The van der Waals surface area contributed by atoms with Gasteiger partial charge in [0, 0.05) is 6.04 Å². The van der Waals surface area contributed by atoms with Gasteiger partial charge in [-0.1, -0.05) is 68.9 Å². The number of hydrogen-bond donors (Lipinski definition) is 1. The van der Waals surface area contributed by atoms with Crippen LogP contribution in [0.4, 0.5) is 0 Å². The molecule has 1 heteroatoms. The maximum Gasteiger partial charge on any atom is 0.0101 e. The van der Waals surface area contributed by atoms with E-state index in [0.717, 1.165) is 23.8 Å². The first-order valence-corrected chi connectivity index (χ1v) is 8.60. The van der Waals surface area contributed by atoms with Crippen molar-refractivity contribution in [3.8, 4) is 0 Å². The van der Waals surface area contributed by atoms with E-state index >= 15 is 0 Å². The highest BCUT2D eigenvalue weighted by Gasteiger charge is 2.43. The predicted molar refractivity (Wildman–Crippen MR) is 85.9 cm³/mol. The van der Waals surface area contributed by atoms with E-state index in [1.54, 1.807) is 5.56 Å². The lowest BCUT2D eigenvalue weighted by Gasteiger charge is -2.22. The molecule has 1 aromatic rings. The molecule has 0 amide bonds. The first-order chi connectivity index (χ1) is 9.88. The molecule has 0 bridgehead atoms. The van der Waals surface area contributed by atoms with Crippen LogP contribution in [0.3, 0.4) is 0 Å². The SMILES string of the molecule is CNC(CC1CCCCCC1)C1CC1c1ccccc1. The molecule has 3 atom stereocenters. The van der Waals surface area contributed by atoms with E-state index in [1.165, 1.54) is 51.4 Å². The molecule has 2 aliphatic carbocycles. The second-order valence-corrected chi connectivity index (χ2v) is 6.91. The molecule has 1 aromatic carbocycles. The van der Waals surface area contributed by atoms with Crippen molar-refractivity contribution in [3.05, 3.63) is 35.9 Å². The van der Waals surface area contributed by atoms with Gasteiger partial charge in [0.25, 0.3) is 0 Å². The molecule has 0 radical (unpaired) electrons. The zero-order valence-corrected chi connectivity index (χ0v) is 12.9. The monoisotopic (exact) mass is 271 g/mol. The lowest BCUT2D eigenvalue weighted by Crippen LogP contribution is -2.30. The summed E-state index contributed by atoms with van der Waals surface area (Å²) < 4.78 is 0. The van der Waals surface area contributed by atoms with Crippen molar-refractivity contribution in [2.24, 2.45) is 11.8 Å². The van der Waals surface area contributed by atoms with Gasteiger partial charge in [-0.3, -0.25) is 0 Å². The quantitative estimate of drug-likeness (QED) is 0.763. The Kier molecular flexibility index (Phi) is 4.77. The van der Waals surface area contributed by atoms with Crippen molar-refractivity contribution in [3.63, 3.8) is 0 Å². The fourth-order valence-corrected chi connectivity index (χ4v) is 4.21. The van der Waals surface area contributed by atoms with Gasteiger partial charge in [0.05, 0.1) is 0 Å². The minimum Gasteiger partial charge on any atom is -0.317 e. The zero-order chi connectivity index (χ0) is 13.8. The Bertz CT molecular complexity index is 391. The molecule has 3 unspecified atom stereocenters. The summed E-state index contributed by atoms with van der Waals surface area (Å²) in [5.41, 5.74) is 1.55. The van der Waals surface area contributed by atoms with Gasteiger partial charge in [0.15, 0.2) is 0 Å². The second-order valence-electron chi connectivity index (χ2n) is 6.91. The normalized spacial score (nSPS) is 28.9. The van der Waals surface area contributed by atoms with Crippen molar-refractivity contribution >= 4 is 0 Å². The summed E-state index contributed by atoms with van der Waals surface area (Å²) in [5.74, 6) is 2.68. The van der Waals surface area contributed by atoms with E-state index in [4.69, 9.17) is 0 Å². The molecule has 1 nitrogen and oxygen atoms in total. The lowest BCUT2D eigenvalue weighted by molar-refractivity contribution is 0.338. The summed E-state index contributed by atoms with van der Waals surface area (Å²) in [6.45, 7) is 0. The fraction of sp³-hybridized carbons (Fsp3) is 0.684. The van der Waals surface area contributed by atoms with Gasteiger partial charge in [0.2, 0.25) is 0 Å². The Morgan fingerprint density at radius 3 is 2.40 bits per heavy atom. The Hall–Kier alpha value is -0.820. The Morgan fingerprint density at radius 1 is 1.05 bits per heavy atom. The van der Waals surface area contributed by atoms with Crippen LogP contribution < -0.4 is 5.32 Å². The van der Waals surface area contributed by atoms with Crippen LogP contribution in [0.1, 0.15) is 62.8 Å². The molecule has 0 aliphatic heterocycles. The predicted octanol–water partition coefficient (Wildman–Crippen LogP) is 4.74. The van der Waals surface area contributed by atoms with E-state index in [2.05, 4.69) is 42.7 Å². The number of rotatable bonds is 5. The molecular weight excluding hydrogens is 242 g/mol. The molecule has 2 fully saturated rings. The summed E-state index contributed by atoms with van der Waals surface area (Å²) in [4.78, 5) is 0. The van der Waals surface area contributed by atoms with Crippen LogP contribution in [0.15, 0.2) is 30.3 Å². The third kappa shape index (κ3) is 3.44. The van der Waals surface area contributed by atoms with Crippen molar-refractivity contribution in [2.45, 2.75) is 63.3 Å². The van der Waals surface area contributed by atoms with Crippen molar-refractivity contribution < 1.29 is 0 Å². The van der Waals surface area contributed by atoms with Crippen molar-refractivity contribution in [2.75, 3.05) is 7.05 Å². The summed E-state index contributed by atoms with van der Waals surface area (Å²) in [5, 5.41) is 3.63. The Balaban J connectivity index is 1.55. The minimum atomic E-state index is 0.739. The maximum atomic E-state index is 3.63. The molecule has 1 N–H and O–H groups in total. The molecule has 20 heavy (non-hydrogen) atoms. The molecule has 110 valence electrons. The van der Waals surface area contributed by atoms with E-state index in [1.807, 2.05) is 0 Å². The molecule has 2 aliphatic rings. The second kappa shape index (κ2) is 6.76. The summed E-state index contributed by atoms with van der Waals surface area (Å²) in [7, 11) is 2.17. The van der Waals surface area contributed by atoms with Crippen LogP contribution in [0.5, 0.6) is 0 Å². The largest absolute Gasteiger partial charge is 0.317 e. The van der Waals surface area contributed by atoms with Crippen LogP contribution in [0, 0.1) is 11.8 Å².